The molecule has 0 atom stereocenters. The topological polar surface area (TPSA) is 27.1 Å². The maximum Gasteiger partial charge on any atom is 0.130 e. The van der Waals surface area contributed by atoms with E-state index in [0.717, 1.165) is 16.7 Å². The van der Waals surface area contributed by atoms with Gasteiger partial charge in [0.15, 0.2) is 0 Å². The van der Waals surface area contributed by atoms with Crippen LogP contribution in [-0.4, -0.2) is 24.2 Å². The van der Waals surface area contributed by atoms with Gasteiger partial charge in [-0.05, 0) is 34.1 Å². The largest absolute Gasteiger partial charge is 0.361 e. The first-order chi connectivity index (χ1) is 8.47. The molecule has 0 unspecified atom stereocenters. The summed E-state index contributed by atoms with van der Waals surface area (Å²) in [5.74, 6) is 0. The van der Waals surface area contributed by atoms with Gasteiger partial charge < -0.3 is 9.30 Å². The van der Waals surface area contributed by atoms with E-state index in [1.54, 1.807) is 0 Å². The molecule has 0 N–H and O–H groups in total. The second-order valence-corrected chi connectivity index (χ2v) is 12.0. The minimum atomic E-state index is -1.000. The maximum atomic E-state index is 5.77. The van der Waals surface area contributed by atoms with Gasteiger partial charge in [0.2, 0.25) is 0 Å². The van der Waals surface area contributed by atoms with Gasteiger partial charge in [0.25, 0.3) is 0 Å². The lowest BCUT2D eigenvalue weighted by Gasteiger charge is -2.15. The van der Waals surface area contributed by atoms with Crippen LogP contribution in [0.5, 0.6) is 0 Å². The number of fused-ring (bicyclic) bond motifs is 1. The Morgan fingerprint density at radius 1 is 1.33 bits per heavy atom. The minimum absolute atomic E-state index is 0.596. The van der Waals surface area contributed by atoms with Crippen LogP contribution in [0.1, 0.15) is 0 Å². The fraction of sp³-hybridized carbons (Fsp3) is 0.462. The van der Waals surface area contributed by atoms with Crippen molar-refractivity contribution in [2.24, 2.45) is 0 Å². The summed E-state index contributed by atoms with van der Waals surface area (Å²) in [6.07, 6.45) is 3.86. The van der Waals surface area contributed by atoms with Crippen LogP contribution in [0.25, 0.3) is 10.9 Å². The molecule has 3 nitrogen and oxygen atoms in total. The first-order valence-corrected chi connectivity index (χ1v) is 10.6. The zero-order valence-corrected chi connectivity index (χ0v) is 13.7. The molecule has 5 heteroatoms. The Morgan fingerprint density at radius 2 is 2.11 bits per heavy atom. The molecular weight excluding hydrogens is 308 g/mol. The van der Waals surface area contributed by atoms with E-state index in [4.69, 9.17) is 4.74 Å². The van der Waals surface area contributed by atoms with Crippen LogP contribution >= 0.6 is 15.9 Å². The molecule has 0 bridgehead atoms. The summed E-state index contributed by atoms with van der Waals surface area (Å²) in [5.41, 5.74) is 1.10. The van der Waals surface area contributed by atoms with Crippen LogP contribution in [0.4, 0.5) is 0 Å². The normalized spacial score (nSPS) is 12.2. The number of nitrogens with zero attached hydrogens (tertiary/aromatic N) is 2. The van der Waals surface area contributed by atoms with Crippen molar-refractivity contribution in [3.8, 4) is 0 Å². The Bertz CT molecular complexity index is 533. The second kappa shape index (κ2) is 5.55. The third-order valence-electron chi connectivity index (χ3n) is 2.86. The standard InChI is InChI=1S/C13H19BrN2OSi/c1-18(2,3)9-8-17-10-16-7-5-11-4-6-15-13(14)12(11)16/h4-7H,8-10H2,1-3H3. The van der Waals surface area contributed by atoms with Crippen molar-refractivity contribution in [2.45, 2.75) is 32.4 Å². The highest BCUT2D eigenvalue weighted by molar-refractivity contribution is 9.10. The van der Waals surface area contributed by atoms with Gasteiger partial charge >= 0.3 is 0 Å². The molecule has 0 aromatic carbocycles. The van der Waals surface area contributed by atoms with Crippen LogP contribution in [0.15, 0.2) is 29.1 Å². The average molecular weight is 327 g/mol. The molecule has 98 valence electrons. The minimum Gasteiger partial charge on any atom is -0.361 e. The Labute approximate surface area is 117 Å². The number of rotatable bonds is 5. The summed E-state index contributed by atoms with van der Waals surface area (Å²) in [4.78, 5) is 4.25. The van der Waals surface area contributed by atoms with Crippen LogP contribution in [0.3, 0.4) is 0 Å². The van der Waals surface area contributed by atoms with Crippen molar-refractivity contribution in [2.75, 3.05) is 6.61 Å². The molecule has 0 aliphatic rings. The molecule has 2 aromatic rings. The Morgan fingerprint density at radius 3 is 2.83 bits per heavy atom. The van der Waals surface area contributed by atoms with E-state index in [-0.39, 0.29) is 0 Å². The van der Waals surface area contributed by atoms with E-state index >= 15 is 0 Å². The summed E-state index contributed by atoms with van der Waals surface area (Å²) in [7, 11) is -1.000. The maximum absolute atomic E-state index is 5.77. The molecule has 0 saturated heterocycles. The van der Waals surface area contributed by atoms with E-state index in [0.29, 0.717) is 6.73 Å². The summed E-state index contributed by atoms with van der Waals surface area (Å²) in [6, 6.07) is 5.30. The lowest BCUT2D eigenvalue weighted by atomic mass is 10.3. The van der Waals surface area contributed by atoms with Gasteiger partial charge in [0.05, 0.1) is 5.52 Å². The van der Waals surface area contributed by atoms with Gasteiger partial charge in [-0.1, -0.05) is 19.6 Å². The van der Waals surface area contributed by atoms with Crippen molar-refractivity contribution in [3.63, 3.8) is 0 Å². The summed E-state index contributed by atoms with van der Waals surface area (Å²) in [6.45, 7) is 8.53. The molecule has 0 aliphatic heterocycles. The Balaban J connectivity index is 2.00. The van der Waals surface area contributed by atoms with Gasteiger partial charge in [0.1, 0.15) is 11.3 Å². The number of pyridine rings is 1. The summed E-state index contributed by atoms with van der Waals surface area (Å²) < 4.78 is 8.73. The molecule has 0 saturated carbocycles. The highest BCUT2D eigenvalue weighted by Gasteiger charge is 2.12. The van der Waals surface area contributed by atoms with E-state index in [1.807, 2.05) is 18.5 Å². The highest BCUT2D eigenvalue weighted by Crippen LogP contribution is 2.22. The monoisotopic (exact) mass is 326 g/mol. The van der Waals surface area contributed by atoms with Gasteiger partial charge in [0, 0.05) is 32.5 Å². The quantitative estimate of drug-likeness (QED) is 0.469. The second-order valence-electron chi connectivity index (χ2n) is 5.67. The van der Waals surface area contributed by atoms with E-state index in [9.17, 15) is 0 Å². The first-order valence-electron chi connectivity index (χ1n) is 6.14. The molecule has 0 spiro atoms. The fourth-order valence-electron chi connectivity index (χ4n) is 1.75. The van der Waals surface area contributed by atoms with Gasteiger partial charge in [-0.3, -0.25) is 0 Å². The van der Waals surface area contributed by atoms with Crippen molar-refractivity contribution < 1.29 is 4.74 Å². The molecule has 2 heterocycles. The summed E-state index contributed by atoms with van der Waals surface area (Å²) >= 11 is 3.49. The van der Waals surface area contributed by atoms with E-state index in [1.165, 1.54) is 11.4 Å². The van der Waals surface area contributed by atoms with Crippen molar-refractivity contribution in [3.05, 3.63) is 29.1 Å². The number of hydrogen-bond donors (Lipinski definition) is 0. The average Bonchev–Trinajstić information content (AvgIpc) is 2.68. The molecule has 0 fully saturated rings. The number of aromatic nitrogens is 2. The molecule has 0 radical (unpaired) electrons. The number of halogens is 1. The predicted octanol–water partition coefficient (Wildman–Crippen LogP) is 4.11. The van der Waals surface area contributed by atoms with Gasteiger partial charge in [-0.25, -0.2) is 4.98 Å². The van der Waals surface area contributed by atoms with Crippen LogP contribution < -0.4 is 0 Å². The first kappa shape index (κ1) is 13.8. The molecule has 2 rings (SSSR count). The molecule has 2 aromatic heterocycles. The van der Waals surface area contributed by atoms with Crippen LogP contribution in [0, 0.1) is 0 Å². The molecule has 18 heavy (non-hydrogen) atoms. The highest BCUT2D eigenvalue weighted by atomic mass is 79.9. The molecule has 0 amide bonds. The Kier molecular flexibility index (Phi) is 4.24. The SMILES string of the molecule is C[Si](C)(C)CCOCn1ccc2ccnc(Br)c21. The lowest BCUT2D eigenvalue weighted by Crippen LogP contribution is -2.21. The lowest BCUT2D eigenvalue weighted by molar-refractivity contribution is 0.0901. The number of ether oxygens (including phenoxy) is 1. The van der Waals surface area contributed by atoms with Crippen LogP contribution in [-0.2, 0) is 11.5 Å². The van der Waals surface area contributed by atoms with E-state index in [2.05, 4.69) is 51.2 Å². The number of hydrogen-bond acceptors (Lipinski definition) is 2. The van der Waals surface area contributed by atoms with Crippen LogP contribution in [0.2, 0.25) is 25.7 Å². The third kappa shape index (κ3) is 3.43. The van der Waals surface area contributed by atoms with E-state index < -0.39 is 8.07 Å². The zero-order chi connectivity index (χ0) is 13.2. The molecule has 0 aliphatic carbocycles. The van der Waals surface area contributed by atoms with Crippen molar-refractivity contribution >= 4 is 34.9 Å². The third-order valence-corrected chi connectivity index (χ3v) is 5.14. The summed E-state index contributed by atoms with van der Waals surface area (Å²) in [5, 5.41) is 1.19. The van der Waals surface area contributed by atoms with Gasteiger partial charge in [-0.2, -0.15) is 0 Å². The predicted molar refractivity (Wildman–Crippen MR) is 81.5 cm³/mol. The smallest absolute Gasteiger partial charge is 0.130 e. The fourth-order valence-corrected chi connectivity index (χ4v) is 3.09. The van der Waals surface area contributed by atoms with Crippen molar-refractivity contribution in [1.29, 1.82) is 0 Å². The Hall–Kier alpha value is -0.653. The van der Waals surface area contributed by atoms with Gasteiger partial charge in [-0.15, -0.1) is 0 Å². The van der Waals surface area contributed by atoms with Crippen molar-refractivity contribution in [1.82, 2.24) is 9.55 Å². The zero-order valence-electron chi connectivity index (χ0n) is 11.1. The molecular formula is C13H19BrN2OSi.